The van der Waals surface area contributed by atoms with E-state index in [1.54, 1.807) is 25.3 Å². The molecule has 2 rings (SSSR count). The van der Waals surface area contributed by atoms with Crippen LogP contribution in [-0.2, 0) is 12.1 Å². The van der Waals surface area contributed by atoms with Crippen molar-refractivity contribution in [1.29, 1.82) is 0 Å². The fourth-order valence-corrected chi connectivity index (χ4v) is 2.96. The van der Waals surface area contributed by atoms with Crippen LogP contribution in [0.2, 0.25) is 0 Å². The SMILES string of the molecule is CCNC(=NCc1ccc(OCCN(CC)CC)cc1)NCC(C)(O)c1ccco1.I. The lowest BCUT2D eigenvalue weighted by atomic mass is 10.0. The zero-order valence-corrected chi connectivity index (χ0v) is 21.4. The van der Waals surface area contributed by atoms with E-state index in [1.807, 2.05) is 31.2 Å². The largest absolute Gasteiger partial charge is 0.492 e. The highest BCUT2D eigenvalue weighted by Gasteiger charge is 2.26. The van der Waals surface area contributed by atoms with Crippen LogP contribution in [0.25, 0.3) is 0 Å². The zero-order valence-electron chi connectivity index (χ0n) is 19.1. The molecule has 1 atom stereocenters. The Bertz CT molecular complexity index is 745. The summed E-state index contributed by atoms with van der Waals surface area (Å²) >= 11 is 0. The van der Waals surface area contributed by atoms with Crippen molar-refractivity contribution >= 4 is 29.9 Å². The molecule has 31 heavy (non-hydrogen) atoms. The van der Waals surface area contributed by atoms with Gasteiger partial charge in [0.1, 0.15) is 23.7 Å². The Labute approximate surface area is 203 Å². The van der Waals surface area contributed by atoms with Gasteiger partial charge in [-0.15, -0.1) is 24.0 Å². The number of rotatable bonds is 12. The molecule has 0 aliphatic rings. The lowest BCUT2D eigenvalue weighted by Crippen LogP contribution is -2.44. The lowest BCUT2D eigenvalue weighted by Gasteiger charge is -2.22. The normalized spacial score (nSPS) is 13.4. The van der Waals surface area contributed by atoms with Gasteiger partial charge in [-0.05, 0) is 56.8 Å². The topological polar surface area (TPSA) is 82.3 Å². The van der Waals surface area contributed by atoms with Gasteiger partial charge in [-0.1, -0.05) is 26.0 Å². The minimum atomic E-state index is -1.12. The first kappa shape index (κ1) is 27.3. The van der Waals surface area contributed by atoms with E-state index in [1.165, 1.54) is 0 Å². The van der Waals surface area contributed by atoms with Gasteiger partial charge < -0.3 is 29.8 Å². The fourth-order valence-electron chi connectivity index (χ4n) is 2.96. The van der Waals surface area contributed by atoms with Gasteiger partial charge in [0.05, 0.1) is 19.4 Å². The maximum Gasteiger partial charge on any atom is 0.191 e. The number of likely N-dealkylation sites (N-methyl/N-ethyl adjacent to an activating group) is 1. The van der Waals surface area contributed by atoms with Gasteiger partial charge in [0, 0.05) is 13.1 Å². The van der Waals surface area contributed by atoms with Crippen molar-refractivity contribution in [3.8, 4) is 5.75 Å². The summed E-state index contributed by atoms with van der Waals surface area (Å²) in [5.41, 5.74) is -0.0369. The number of ether oxygens (including phenoxy) is 1. The summed E-state index contributed by atoms with van der Waals surface area (Å²) in [5, 5.41) is 17.0. The van der Waals surface area contributed by atoms with Crippen LogP contribution in [0.4, 0.5) is 0 Å². The molecule has 1 unspecified atom stereocenters. The molecule has 0 radical (unpaired) electrons. The van der Waals surface area contributed by atoms with Crippen molar-refractivity contribution in [3.05, 3.63) is 54.0 Å². The maximum atomic E-state index is 10.6. The van der Waals surface area contributed by atoms with Crippen molar-refractivity contribution in [2.75, 3.05) is 39.3 Å². The molecule has 3 N–H and O–H groups in total. The molecule has 0 saturated carbocycles. The van der Waals surface area contributed by atoms with Crippen molar-refractivity contribution in [2.45, 2.75) is 39.8 Å². The Balaban J connectivity index is 0.00000480. The first-order valence-corrected chi connectivity index (χ1v) is 10.7. The standard InChI is InChI=1S/C23H36N4O3.HI/c1-5-24-22(26-18-23(4,28)21-9-8-15-30-21)25-17-19-10-12-20(13-11-19)29-16-14-27(6-2)7-3;/h8-13,15,28H,5-7,14,16-18H2,1-4H3,(H2,24,25,26);1H. The average Bonchev–Trinajstić information content (AvgIpc) is 3.30. The van der Waals surface area contributed by atoms with Crippen LogP contribution in [0, 0.1) is 0 Å². The third kappa shape index (κ3) is 9.49. The second kappa shape index (κ2) is 14.3. The number of furan rings is 1. The minimum Gasteiger partial charge on any atom is -0.492 e. The van der Waals surface area contributed by atoms with E-state index in [0.29, 0.717) is 24.9 Å². The number of benzene rings is 1. The Morgan fingerprint density at radius 2 is 1.84 bits per heavy atom. The zero-order chi connectivity index (χ0) is 21.8. The molecule has 2 aromatic rings. The van der Waals surface area contributed by atoms with Crippen molar-refractivity contribution < 1.29 is 14.3 Å². The maximum absolute atomic E-state index is 10.6. The summed E-state index contributed by atoms with van der Waals surface area (Å²) in [6, 6.07) is 11.5. The quantitative estimate of drug-likeness (QED) is 0.215. The molecule has 1 heterocycles. The molecule has 0 aliphatic heterocycles. The predicted molar refractivity (Wildman–Crippen MR) is 136 cm³/mol. The van der Waals surface area contributed by atoms with Gasteiger partial charge in [-0.2, -0.15) is 0 Å². The van der Waals surface area contributed by atoms with Crippen molar-refractivity contribution in [3.63, 3.8) is 0 Å². The summed E-state index contributed by atoms with van der Waals surface area (Å²) in [5.74, 6) is 2.03. The Kier molecular flexibility index (Phi) is 12.6. The van der Waals surface area contributed by atoms with E-state index < -0.39 is 5.60 Å². The molecular weight excluding hydrogens is 507 g/mol. The van der Waals surface area contributed by atoms with Gasteiger partial charge in [0.25, 0.3) is 0 Å². The number of aliphatic hydroxyl groups is 1. The van der Waals surface area contributed by atoms with E-state index in [-0.39, 0.29) is 30.5 Å². The van der Waals surface area contributed by atoms with Crippen molar-refractivity contribution in [1.82, 2.24) is 15.5 Å². The average molecular weight is 544 g/mol. The monoisotopic (exact) mass is 544 g/mol. The van der Waals surface area contributed by atoms with E-state index in [2.05, 4.69) is 34.4 Å². The van der Waals surface area contributed by atoms with Gasteiger partial charge in [0.2, 0.25) is 0 Å². The second-order valence-electron chi connectivity index (χ2n) is 7.32. The van der Waals surface area contributed by atoms with Gasteiger partial charge in [-0.25, -0.2) is 4.99 Å². The second-order valence-corrected chi connectivity index (χ2v) is 7.32. The van der Waals surface area contributed by atoms with E-state index >= 15 is 0 Å². The molecule has 0 saturated heterocycles. The van der Waals surface area contributed by atoms with Crippen LogP contribution in [0.15, 0.2) is 52.1 Å². The van der Waals surface area contributed by atoms with Crippen LogP contribution in [0.1, 0.15) is 39.0 Å². The lowest BCUT2D eigenvalue weighted by molar-refractivity contribution is 0.0386. The minimum absolute atomic E-state index is 0. The van der Waals surface area contributed by atoms with Crippen molar-refractivity contribution in [2.24, 2.45) is 4.99 Å². The van der Waals surface area contributed by atoms with Crippen LogP contribution in [-0.4, -0.2) is 55.3 Å². The molecule has 0 bridgehead atoms. The highest BCUT2D eigenvalue weighted by atomic mass is 127. The van der Waals surface area contributed by atoms with Gasteiger partial charge in [0.15, 0.2) is 5.96 Å². The highest BCUT2D eigenvalue weighted by Crippen LogP contribution is 2.19. The summed E-state index contributed by atoms with van der Waals surface area (Å²) in [4.78, 5) is 6.95. The number of hydrogen-bond acceptors (Lipinski definition) is 5. The molecule has 0 spiro atoms. The molecule has 1 aromatic heterocycles. The number of hydrogen-bond donors (Lipinski definition) is 3. The van der Waals surface area contributed by atoms with E-state index in [9.17, 15) is 5.11 Å². The molecule has 1 aromatic carbocycles. The third-order valence-electron chi connectivity index (χ3n) is 4.91. The van der Waals surface area contributed by atoms with E-state index in [4.69, 9.17) is 9.15 Å². The van der Waals surface area contributed by atoms with Crippen LogP contribution in [0.3, 0.4) is 0 Å². The molecule has 0 fully saturated rings. The molecular formula is C23H37IN4O3. The van der Waals surface area contributed by atoms with Crippen LogP contribution in [0.5, 0.6) is 5.75 Å². The first-order valence-electron chi connectivity index (χ1n) is 10.7. The number of aliphatic imine (C=N–C) groups is 1. The molecule has 0 amide bonds. The first-order chi connectivity index (χ1) is 14.5. The van der Waals surface area contributed by atoms with Gasteiger partial charge >= 0.3 is 0 Å². The number of guanidine groups is 1. The fraction of sp³-hybridized carbons (Fsp3) is 0.522. The summed E-state index contributed by atoms with van der Waals surface area (Å²) in [7, 11) is 0. The summed E-state index contributed by atoms with van der Waals surface area (Å²) < 4.78 is 11.2. The molecule has 8 heteroatoms. The van der Waals surface area contributed by atoms with E-state index in [0.717, 1.165) is 37.5 Å². The Morgan fingerprint density at radius 1 is 1.13 bits per heavy atom. The Morgan fingerprint density at radius 3 is 2.42 bits per heavy atom. The van der Waals surface area contributed by atoms with Gasteiger partial charge in [-0.3, -0.25) is 0 Å². The smallest absolute Gasteiger partial charge is 0.191 e. The molecule has 7 nitrogen and oxygen atoms in total. The molecule has 0 aliphatic carbocycles. The number of nitrogens with one attached hydrogen (secondary N) is 2. The van der Waals surface area contributed by atoms with Crippen LogP contribution >= 0.6 is 24.0 Å². The predicted octanol–water partition coefficient (Wildman–Crippen LogP) is 3.58. The molecule has 174 valence electrons. The summed E-state index contributed by atoms with van der Waals surface area (Å²) in [6.07, 6.45) is 1.56. The van der Waals surface area contributed by atoms with Crippen LogP contribution < -0.4 is 15.4 Å². The third-order valence-corrected chi connectivity index (χ3v) is 4.91. The highest BCUT2D eigenvalue weighted by molar-refractivity contribution is 14.0. The number of halogens is 1. The number of nitrogens with zero attached hydrogens (tertiary/aromatic N) is 2. The Hall–Kier alpha value is -1.78. The summed E-state index contributed by atoms with van der Waals surface area (Å²) in [6.45, 7) is 13.3.